The predicted molar refractivity (Wildman–Crippen MR) is 75.7 cm³/mol. The fourth-order valence-electron chi connectivity index (χ4n) is 1.84. The van der Waals surface area contributed by atoms with Crippen LogP contribution in [-0.4, -0.2) is 23.1 Å². The lowest BCUT2D eigenvalue weighted by Gasteiger charge is -2.13. The number of hydrogen-bond acceptors (Lipinski definition) is 3. The van der Waals surface area contributed by atoms with Gasteiger partial charge in [-0.1, -0.05) is 24.3 Å². The molecular weight excluding hydrogens is 298 g/mol. The molecule has 1 amide bonds. The largest absolute Gasteiger partial charge is 0.488 e. The molecule has 2 aromatic rings. The Morgan fingerprint density at radius 1 is 1.00 bits per heavy atom. The lowest BCUT2D eigenvalue weighted by atomic mass is 9.80. The second kappa shape index (κ2) is 6.21. The van der Waals surface area contributed by atoms with Crippen molar-refractivity contribution in [1.82, 2.24) is 0 Å². The number of carbonyl (C=O) groups is 1. The molecule has 0 aliphatic heterocycles. The van der Waals surface area contributed by atoms with Gasteiger partial charge in [-0.3, -0.25) is 4.79 Å². The third kappa shape index (κ3) is 3.66. The number of carbonyl (C=O) groups excluding carboxylic acids is 1. The molecule has 0 saturated carbocycles. The second-order valence-electron chi connectivity index (χ2n) is 4.49. The van der Waals surface area contributed by atoms with E-state index in [1.165, 1.54) is 36.4 Å². The number of hydrogen-bond donors (Lipinski definition) is 3. The van der Waals surface area contributed by atoms with Crippen LogP contribution in [0.1, 0.15) is 15.9 Å². The van der Waals surface area contributed by atoms with Gasteiger partial charge < -0.3 is 15.4 Å². The Bertz CT molecular complexity index is 672. The van der Waals surface area contributed by atoms with Crippen LogP contribution in [0.25, 0.3) is 0 Å². The van der Waals surface area contributed by atoms with E-state index in [9.17, 15) is 18.0 Å². The summed E-state index contributed by atoms with van der Waals surface area (Å²) < 4.78 is 38.5. The summed E-state index contributed by atoms with van der Waals surface area (Å²) in [6.45, 7) is 0. The quantitative estimate of drug-likeness (QED) is 0.755. The first kappa shape index (κ1) is 16.1. The number of amides is 1. The maximum absolute atomic E-state index is 12.8. The Labute approximate surface area is 124 Å². The Kier molecular flexibility index (Phi) is 4.53. The molecule has 0 aromatic heterocycles. The fraction of sp³-hybridized carbons (Fsp3) is 0.0714. The van der Waals surface area contributed by atoms with E-state index >= 15 is 0 Å². The molecule has 0 aliphatic carbocycles. The van der Waals surface area contributed by atoms with Gasteiger partial charge in [0.05, 0.1) is 11.3 Å². The first-order valence-corrected chi connectivity index (χ1v) is 6.22. The molecule has 0 bridgehead atoms. The lowest BCUT2D eigenvalue weighted by Crippen LogP contribution is -2.29. The third-order valence-electron chi connectivity index (χ3n) is 2.95. The minimum Gasteiger partial charge on any atom is -0.423 e. The van der Waals surface area contributed by atoms with Crippen LogP contribution in [0, 0.1) is 0 Å². The standard InChI is InChI=1S/C14H11BF3NO3/c16-14(17,18)11-3-1-2-4-12(11)19-13(20)9-5-7-10(8-6-9)15(21)22/h1-8,21-22H,(H,19,20). The van der Waals surface area contributed by atoms with E-state index in [0.717, 1.165) is 12.1 Å². The lowest BCUT2D eigenvalue weighted by molar-refractivity contribution is -0.136. The molecule has 0 spiro atoms. The van der Waals surface area contributed by atoms with Crippen molar-refractivity contribution >= 4 is 24.2 Å². The molecule has 0 aliphatic rings. The number of halogens is 3. The van der Waals surface area contributed by atoms with Gasteiger partial charge in [0.15, 0.2) is 0 Å². The van der Waals surface area contributed by atoms with Crippen molar-refractivity contribution < 1.29 is 28.0 Å². The van der Waals surface area contributed by atoms with E-state index in [4.69, 9.17) is 10.0 Å². The SMILES string of the molecule is O=C(Nc1ccccc1C(F)(F)F)c1ccc(B(O)O)cc1. The third-order valence-corrected chi connectivity index (χ3v) is 2.95. The summed E-state index contributed by atoms with van der Waals surface area (Å²) in [5.41, 5.74) is -1.01. The summed E-state index contributed by atoms with van der Waals surface area (Å²) >= 11 is 0. The zero-order valence-electron chi connectivity index (χ0n) is 11.1. The van der Waals surface area contributed by atoms with Crippen molar-refractivity contribution in [2.24, 2.45) is 0 Å². The summed E-state index contributed by atoms with van der Waals surface area (Å²) in [6, 6.07) is 9.84. The smallest absolute Gasteiger partial charge is 0.423 e. The van der Waals surface area contributed by atoms with Crippen LogP contribution in [0.5, 0.6) is 0 Å². The molecule has 3 N–H and O–H groups in total. The highest BCUT2D eigenvalue weighted by atomic mass is 19.4. The van der Waals surface area contributed by atoms with Gasteiger partial charge >= 0.3 is 13.3 Å². The number of benzene rings is 2. The summed E-state index contributed by atoms with van der Waals surface area (Å²) in [4.78, 5) is 12.0. The maximum Gasteiger partial charge on any atom is 0.488 e. The van der Waals surface area contributed by atoms with Crippen LogP contribution >= 0.6 is 0 Å². The maximum atomic E-state index is 12.8. The van der Waals surface area contributed by atoms with Crippen molar-refractivity contribution in [2.45, 2.75) is 6.18 Å². The van der Waals surface area contributed by atoms with Crippen LogP contribution < -0.4 is 10.8 Å². The van der Waals surface area contributed by atoms with Crippen LogP contribution in [0.15, 0.2) is 48.5 Å². The molecule has 4 nitrogen and oxygen atoms in total. The topological polar surface area (TPSA) is 69.6 Å². The Balaban J connectivity index is 2.22. The van der Waals surface area contributed by atoms with Crippen LogP contribution in [-0.2, 0) is 6.18 Å². The molecule has 0 atom stereocenters. The fourth-order valence-corrected chi connectivity index (χ4v) is 1.84. The summed E-state index contributed by atoms with van der Waals surface area (Å²) in [5.74, 6) is -0.726. The molecule has 0 saturated heterocycles. The predicted octanol–water partition coefficient (Wildman–Crippen LogP) is 1.64. The molecule has 0 unspecified atom stereocenters. The Morgan fingerprint density at radius 2 is 1.59 bits per heavy atom. The number of anilines is 1. The van der Waals surface area contributed by atoms with E-state index in [-0.39, 0.29) is 16.7 Å². The van der Waals surface area contributed by atoms with Gasteiger partial charge in [-0.2, -0.15) is 13.2 Å². The zero-order chi connectivity index (χ0) is 16.3. The van der Waals surface area contributed by atoms with Crippen LogP contribution in [0.2, 0.25) is 0 Å². The molecule has 0 fully saturated rings. The van der Waals surface area contributed by atoms with E-state index in [1.54, 1.807) is 0 Å². The second-order valence-corrected chi connectivity index (χ2v) is 4.49. The van der Waals surface area contributed by atoms with E-state index < -0.39 is 24.8 Å². The summed E-state index contributed by atoms with van der Waals surface area (Å²) in [7, 11) is -1.68. The molecule has 0 heterocycles. The van der Waals surface area contributed by atoms with E-state index in [0.29, 0.717) is 0 Å². The van der Waals surface area contributed by atoms with Gasteiger partial charge in [-0.05, 0) is 29.7 Å². The van der Waals surface area contributed by atoms with Gasteiger partial charge in [0.1, 0.15) is 0 Å². The first-order valence-electron chi connectivity index (χ1n) is 6.22. The van der Waals surface area contributed by atoms with Crippen molar-refractivity contribution in [2.75, 3.05) is 5.32 Å². The van der Waals surface area contributed by atoms with Gasteiger partial charge in [-0.25, -0.2) is 0 Å². The van der Waals surface area contributed by atoms with Crippen LogP contribution in [0.3, 0.4) is 0 Å². The molecule has 2 rings (SSSR count). The average Bonchev–Trinajstić information content (AvgIpc) is 2.46. The van der Waals surface area contributed by atoms with Crippen molar-refractivity contribution in [3.05, 3.63) is 59.7 Å². The Morgan fingerprint density at radius 3 is 2.14 bits per heavy atom. The number of para-hydroxylation sites is 1. The summed E-state index contributed by atoms with van der Waals surface area (Å²) in [6.07, 6.45) is -4.57. The van der Waals surface area contributed by atoms with Gasteiger partial charge in [0, 0.05) is 5.56 Å². The van der Waals surface area contributed by atoms with Gasteiger partial charge in [-0.15, -0.1) is 0 Å². The molecular formula is C14H11BF3NO3. The number of alkyl halides is 3. The minimum absolute atomic E-state index is 0.0985. The minimum atomic E-state index is -4.57. The molecule has 8 heteroatoms. The Hall–Kier alpha value is -2.32. The van der Waals surface area contributed by atoms with Crippen LogP contribution in [0.4, 0.5) is 18.9 Å². The van der Waals surface area contributed by atoms with Gasteiger partial charge in [0.2, 0.25) is 0 Å². The molecule has 22 heavy (non-hydrogen) atoms. The zero-order valence-corrected chi connectivity index (χ0v) is 11.1. The number of rotatable bonds is 3. The van der Waals surface area contributed by atoms with Crippen molar-refractivity contribution in [1.29, 1.82) is 0 Å². The van der Waals surface area contributed by atoms with Crippen molar-refractivity contribution in [3.63, 3.8) is 0 Å². The average molecular weight is 309 g/mol. The molecule has 0 radical (unpaired) electrons. The van der Waals surface area contributed by atoms with E-state index in [2.05, 4.69) is 5.32 Å². The van der Waals surface area contributed by atoms with Gasteiger partial charge in [0.25, 0.3) is 5.91 Å². The molecule has 2 aromatic carbocycles. The highest BCUT2D eigenvalue weighted by Gasteiger charge is 2.33. The number of nitrogens with one attached hydrogen (secondary N) is 1. The summed E-state index contributed by atoms with van der Waals surface area (Å²) in [5, 5.41) is 20.1. The first-order chi connectivity index (χ1) is 10.3. The molecule has 114 valence electrons. The normalized spacial score (nSPS) is 11.1. The highest BCUT2D eigenvalue weighted by molar-refractivity contribution is 6.58. The van der Waals surface area contributed by atoms with Crippen molar-refractivity contribution in [3.8, 4) is 0 Å². The van der Waals surface area contributed by atoms with E-state index in [1.807, 2.05) is 0 Å². The highest BCUT2D eigenvalue weighted by Crippen LogP contribution is 2.34. The monoisotopic (exact) mass is 309 g/mol.